The number of nitrogens with zero attached hydrogens (tertiary/aromatic N) is 1. The van der Waals surface area contributed by atoms with E-state index < -0.39 is 10.0 Å². The highest BCUT2D eigenvalue weighted by Crippen LogP contribution is 2.31. The van der Waals surface area contributed by atoms with Crippen LogP contribution in [0.5, 0.6) is 5.75 Å². The van der Waals surface area contributed by atoms with Crippen LogP contribution < -0.4 is 10.5 Å². The number of methoxy groups -OCH3 is 1. The molecule has 2 aromatic carbocycles. The molecule has 0 amide bonds. The summed E-state index contributed by atoms with van der Waals surface area (Å²) in [5.41, 5.74) is 7.23. The Hall–Kier alpha value is -2.31. The summed E-state index contributed by atoms with van der Waals surface area (Å²) in [7, 11) is -2.03. The number of fused-ring (bicyclic) bond motifs is 1. The van der Waals surface area contributed by atoms with E-state index in [2.05, 4.69) is 0 Å². The smallest absolute Gasteiger partial charge is 0.268 e. The first-order valence-electron chi connectivity index (χ1n) is 7.27. The first kappa shape index (κ1) is 15.6. The van der Waals surface area contributed by atoms with Gasteiger partial charge in [-0.1, -0.05) is 18.2 Å². The van der Waals surface area contributed by atoms with Crippen molar-refractivity contribution >= 4 is 20.9 Å². The molecule has 0 saturated carbocycles. The topological polar surface area (TPSA) is 74.3 Å². The second-order valence-corrected chi connectivity index (χ2v) is 6.96. The first-order valence-corrected chi connectivity index (χ1v) is 8.71. The summed E-state index contributed by atoms with van der Waals surface area (Å²) in [5, 5.41) is 0.842. The van der Waals surface area contributed by atoms with Gasteiger partial charge in [-0.2, -0.15) is 0 Å². The largest absolute Gasteiger partial charge is 0.496 e. The average molecular weight is 330 g/mol. The highest BCUT2D eigenvalue weighted by atomic mass is 32.2. The first-order chi connectivity index (χ1) is 11.1. The summed E-state index contributed by atoms with van der Waals surface area (Å²) in [6.45, 7) is 0.464. The summed E-state index contributed by atoms with van der Waals surface area (Å²) in [6, 6.07) is 13.7. The van der Waals surface area contributed by atoms with Gasteiger partial charge in [-0.3, -0.25) is 0 Å². The molecule has 6 heteroatoms. The van der Waals surface area contributed by atoms with Crippen molar-refractivity contribution < 1.29 is 13.2 Å². The molecule has 120 valence electrons. The number of rotatable bonds is 5. The average Bonchev–Trinajstić information content (AvgIpc) is 3.01. The Labute approximate surface area is 135 Å². The lowest BCUT2D eigenvalue weighted by Crippen LogP contribution is -2.12. The molecule has 3 aromatic rings. The van der Waals surface area contributed by atoms with E-state index in [1.54, 1.807) is 61.8 Å². The van der Waals surface area contributed by atoms with E-state index in [0.29, 0.717) is 18.5 Å². The third-order valence-electron chi connectivity index (χ3n) is 3.82. The molecule has 3 rings (SSSR count). The van der Waals surface area contributed by atoms with Gasteiger partial charge in [-0.25, -0.2) is 12.4 Å². The van der Waals surface area contributed by atoms with Crippen LogP contribution in [0.3, 0.4) is 0 Å². The molecule has 5 nitrogen and oxygen atoms in total. The van der Waals surface area contributed by atoms with Crippen molar-refractivity contribution in [3.05, 3.63) is 60.3 Å². The highest BCUT2D eigenvalue weighted by molar-refractivity contribution is 7.90. The van der Waals surface area contributed by atoms with Crippen molar-refractivity contribution in [2.45, 2.75) is 11.3 Å². The molecule has 0 fully saturated rings. The van der Waals surface area contributed by atoms with Crippen molar-refractivity contribution in [1.82, 2.24) is 3.97 Å². The van der Waals surface area contributed by atoms with E-state index in [1.165, 1.54) is 3.97 Å². The van der Waals surface area contributed by atoms with E-state index in [-0.39, 0.29) is 4.90 Å². The van der Waals surface area contributed by atoms with Crippen LogP contribution >= 0.6 is 0 Å². The van der Waals surface area contributed by atoms with Crippen molar-refractivity contribution in [1.29, 1.82) is 0 Å². The Morgan fingerprint density at radius 1 is 1.09 bits per heavy atom. The Morgan fingerprint density at radius 3 is 2.48 bits per heavy atom. The predicted molar refractivity (Wildman–Crippen MR) is 90.3 cm³/mol. The number of aromatic nitrogens is 1. The van der Waals surface area contributed by atoms with E-state index in [9.17, 15) is 8.42 Å². The number of hydrogen-bond donors (Lipinski definition) is 1. The minimum Gasteiger partial charge on any atom is -0.496 e. The lowest BCUT2D eigenvalue weighted by Gasteiger charge is -2.11. The molecular formula is C17H18N2O3S. The van der Waals surface area contributed by atoms with Crippen molar-refractivity contribution in [2.24, 2.45) is 5.73 Å². The molecule has 0 bridgehead atoms. The Bertz CT molecular complexity index is 931. The minimum absolute atomic E-state index is 0.258. The second-order valence-electron chi connectivity index (χ2n) is 5.15. The van der Waals surface area contributed by atoms with E-state index in [0.717, 1.165) is 16.7 Å². The zero-order chi connectivity index (χ0) is 16.4. The molecule has 1 heterocycles. The monoisotopic (exact) mass is 330 g/mol. The fraction of sp³-hybridized carbons (Fsp3) is 0.176. The summed E-state index contributed by atoms with van der Waals surface area (Å²) < 4.78 is 32.4. The summed E-state index contributed by atoms with van der Waals surface area (Å²) >= 11 is 0. The van der Waals surface area contributed by atoms with Gasteiger partial charge in [0.2, 0.25) is 0 Å². The SMILES string of the molecule is COc1ccc2c(ccn2S(=O)(=O)c2ccccc2)c1CCN. The highest BCUT2D eigenvalue weighted by Gasteiger charge is 2.20. The van der Waals surface area contributed by atoms with Gasteiger partial charge in [0.15, 0.2) is 0 Å². The maximum atomic E-state index is 12.8. The lowest BCUT2D eigenvalue weighted by atomic mass is 10.1. The fourth-order valence-electron chi connectivity index (χ4n) is 2.74. The van der Waals surface area contributed by atoms with Gasteiger partial charge in [0.1, 0.15) is 5.75 Å². The maximum absolute atomic E-state index is 12.8. The zero-order valence-corrected chi connectivity index (χ0v) is 13.6. The molecule has 0 unspecified atom stereocenters. The molecule has 0 radical (unpaired) electrons. The third kappa shape index (κ3) is 2.60. The Balaban J connectivity index is 2.23. The van der Waals surface area contributed by atoms with E-state index in [4.69, 9.17) is 10.5 Å². The lowest BCUT2D eigenvalue weighted by molar-refractivity contribution is 0.410. The quantitative estimate of drug-likeness (QED) is 0.779. The zero-order valence-electron chi connectivity index (χ0n) is 12.8. The molecule has 0 spiro atoms. The molecule has 0 saturated heterocycles. The summed E-state index contributed by atoms with van der Waals surface area (Å²) in [5.74, 6) is 0.720. The molecule has 0 atom stereocenters. The van der Waals surface area contributed by atoms with E-state index >= 15 is 0 Å². The summed E-state index contributed by atoms with van der Waals surface area (Å²) in [6.07, 6.45) is 2.20. The van der Waals surface area contributed by atoms with Crippen molar-refractivity contribution in [2.75, 3.05) is 13.7 Å². The summed E-state index contributed by atoms with van der Waals surface area (Å²) in [4.78, 5) is 0.258. The fourth-order valence-corrected chi connectivity index (χ4v) is 4.11. The van der Waals surface area contributed by atoms with Crippen LogP contribution in [-0.4, -0.2) is 26.0 Å². The van der Waals surface area contributed by atoms with Crippen molar-refractivity contribution in [3.8, 4) is 5.75 Å². The van der Waals surface area contributed by atoms with Gasteiger partial charge in [0, 0.05) is 17.1 Å². The van der Waals surface area contributed by atoms with Crippen LogP contribution in [0.4, 0.5) is 0 Å². The van der Waals surface area contributed by atoms with Crippen LogP contribution in [0.25, 0.3) is 10.9 Å². The number of ether oxygens (including phenoxy) is 1. The van der Waals surface area contributed by atoms with Gasteiger partial charge < -0.3 is 10.5 Å². The Kier molecular flexibility index (Phi) is 4.11. The number of nitrogens with two attached hydrogens (primary N) is 1. The Morgan fingerprint density at radius 2 is 1.83 bits per heavy atom. The third-order valence-corrected chi connectivity index (χ3v) is 5.52. The predicted octanol–water partition coefficient (Wildman–Crippen LogP) is 2.39. The molecule has 2 N–H and O–H groups in total. The molecule has 0 aliphatic rings. The molecule has 23 heavy (non-hydrogen) atoms. The maximum Gasteiger partial charge on any atom is 0.268 e. The normalized spacial score (nSPS) is 11.7. The number of benzene rings is 2. The molecule has 0 aliphatic heterocycles. The standard InChI is InChI=1S/C17H18N2O3S/c1-22-17-8-7-16-14(15(17)9-11-18)10-12-19(16)23(20,21)13-5-3-2-4-6-13/h2-8,10,12H,9,11,18H2,1H3. The van der Waals surface area contributed by atoms with Gasteiger partial charge >= 0.3 is 0 Å². The van der Waals surface area contributed by atoms with Crippen LogP contribution in [0, 0.1) is 0 Å². The van der Waals surface area contributed by atoms with E-state index in [1.807, 2.05) is 0 Å². The van der Waals surface area contributed by atoms with Crippen LogP contribution in [0.15, 0.2) is 59.6 Å². The van der Waals surface area contributed by atoms with Crippen LogP contribution in [0.2, 0.25) is 0 Å². The molecular weight excluding hydrogens is 312 g/mol. The van der Waals surface area contributed by atoms with Gasteiger partial charge in [-0.05, 0) is 43.3 Å². The second kappa shape index (κ2) is 6.06. The minimum atomic E-state index is -3.63. The van der Waals surface area contributed by atoms with Gasteiger partial charge in [0.05, 0.1) is 17.5 Å². The van der Waals surface area contributed by atoms with Crippen LogP contribution in [-0.2, 0) is 16.4 Å². The molecule has 0 aliphatic carbocycles. The van der Waals surface area contributed by atoms with Crippen molar-refractivity contribution in [3.63, 3.8) is 0 Å². The van der Waals surface area contributed by atoms with Gasteiger partial charge in [-0.15, -0.1) is 0 Å². The van der Waals surface area contributed by atoms with Gasteiger partial charge in [0.25, 0.3) is 10.0 Å². The number of hydrogen-bond acceptors (Lipinski definition) is 4. The van der Waals surface area contributed by atoms with Crippen LogP contribution in [0.1, 0.15) is 5.56 Å². The molecule has 1 aromatic heterocycles.